The summed E-state index contributed by atoms with van der Waals surface area (Å²) in [6.07, 6.45) is 0.480. The van der Waals surface area contributed by atoms with Gasteiger partial charge in [-0.3, -0.25) is 9.59 Å². The first-order valence-corrected chi connectivity index (χ1v) is 11.0. The Labute approximate surface area is 195 Å². The summed E-state index contributed by atoms with van der Waals surface area (Å²) in [6.45, 7) is 1.76. The molecule has 0 aromatic heterocycles. The van der Waals surface area contributed by atoms with Crippen molar-refractivity contribution in [3.8, 4) is 0 Å². The van der Waals surface area contributed by atoms with E-state index in [4.69, 9.17) is 46.4 Å². The van der Waals surface area contributed by atoms with E-state index in [2.05, 4.69) is 16.0 Å². The summed E-state index contributed by atoms with van der Waals surface area (Å²) in [6, 6.07) is 10.5. The maximum atomic E-state index is 12.6. The average molecular weight is 489 g/mol. The molecule has 0 spiro atoms. The lowest BCUT2D eigenvalue weighted by atomic mass is 9.89. The zero-order chi connectivity index (χ0) is 21.7. The number of rotatable bonds is 6. The summed E-state index contributed by atoms with van der Waals surface area (Å²) >= 11 is 23.8. The minimum absolute atomic E-state index is 0.101. The molecule has 1 saturated heterocycles. The predicted octanol–water partition coefficient (Wildman–Crippen LogP) is 4.46. The fourth-order valence-corrected chi connectivity index (χ4v) is 3.95. The molecule has 1 fully saturated rings. The second kappa shape index (κ2) is 10.7. The lowest BCUT2D eigenvalue weighted by molar-refractivity contribution is -0.129. The van der Waals surface area contributed by atoms with Crippen molar-refractivity contribution >= 4 is 58.2 Å². The maximum absolute atomic E-state index is 12.6. The van der Waals surface area contributed by atoms with Crippen molar-refractivity contribution in [1.82, 2.24) is 16.0 Å². The quantitative estimate of drug-likeness (QED) is 0.562. The minimum atomic E-state index is -0.290. The van der Waals surface area contributed by atoms with E-state index in [-0.39, 0.29) is 23.7 Å². The van der Waals surface area contributed by atoms with Crippen molar-refractivity contribution in [2.75, 3.05) is 13.1 Å². The standard InChI is InChI=1S/C21H21Cl4N3O2/c22-16-3-1-12(5-18(16)24)8-27-20(29)14-7-15(11-26-10-14)21(30)28-9-13-2-4-17(23)19(25)6-13/h1-6,14-15,26H,7-11H2,(H,27,29)(H,28,30). The SMILES string of the molecule is O=C(NCc1ccc(Cl)c(Cl)c1)C1CNCC(C(=O)NCc2ccc(Cl)c(Cl)c2)C1. The fraction of sp³-hybridized carbons (Fsp3) is 0.333. The highest BCUT2D eigenvalue weighted by molar-refractivity contribution is 6.42. The second-order valence-electron chi connectivity index (χ2n) is 7.22. The third kappa shape index (κ3) is 6.25. The highest BCUT2D eigenvalue weighted by atomic mass is 35.5. The number of hydrogen-bond donors (Lipinski definition) is 3. The Hall–Kier alpha value is -1.50. The van der Waals surface area contributed by atoms with Crippen molar-refractivity contribution in [3.63, 3.8) is 0 Å². The Morgan fingerprint density at radius 3 is 1.60 bits per heavy atom. The molecule has 0 aliphatic carbocycles. The van der Waals surface area contributed by atoms with Crippen LogP contribution in [0.25, 0.3) is 0 Å². The molecule has 0 radical (unpaired) electrons. The van der Waals surface area contributed by atoms with Gasteiger partial charge in [-0.05, 0) is 41.8 Å². The molecule has 1 aliphatic heterocycles. The van der Waals surface area contributed by atoms with Gasteiger partial charge in [-0.1, -0.05) is 58.5 Å². The highest BCUT2D eigenvalue weighted by Gasteiger charge is 2.30. The van der Waals surface area contributed by atoms with Gasteiger partial charge in [0.05, 0.1) is 31.9 Å². The van der Waals surface area contributed by atoms with Crippen molar-refractivity contribution in [2.45, 2.75) is 19.5 Å². The van der Waals surface area contributed by atoms with Crippen LogP contribution in [0.2, 0.25) is 20.1 Å². The first kappa shape index (κ1) is 23.2. The van der Waals surface area contributed by atoms with E-state index < -0.39 is 0 Å². The number of carbonyl (C=O) groups excluding carboxylic acids is 2. The van der Waals surface area contributed by atoms with E-state index in [0.29, 0.717) is 52.7 Å². The van der Waals surface area contributed by atoms with Crippen LogP contribution in [0.4, 0.5) is 0 Å². The van der Waals surface area contributed by atoms with Crippen LogP contribution in [0, 0.1) is 11.8 Å². The van der Waals surface area contributed by atoms with E-state index in [1.807, 2.05) is 12.1 Å². The maximum Gasteiger partial charge on any atom is 0.224 e. The molecule has 2 aromatic rings. The molecule has 3 rings (SSSR count). The van der Waals surface area contributed by atoms with E-state index >= 15 is 0 Å². The number of halogens is 4. The first-order valence-electron chi connectivity index (χ1n) is 9.47. The lowest BCUT2D eigenvalue weighted by Crippen LogP contribution is -2.48. The van der Waals surface area contributed by atoms with Gasteiger partial charge in [-0.25, -0.2) is 0 Å². The van der Waals surface area contributed by atoms with Crippen molar-refractivity contribution in [3.05, 3.63) is 67.6 Å². The van der Waals surface area contributed by atoms with Crippen molar-refractivity contribution in [1.29, 1.82) is 0 Å². The third-order valence-electron chi connectivity index (χ3n) is 4.99. The smallest absolute Gasteiger partial charge is 0.224 e. The number of amides is 2. The van der Waals surface area contributed by atoms with Crippen LogP contribution >= 0.6 is 46.4 Å². The number of hydrogen-bond acceptors (Lipinski definition) is 3. The second-order valence-corrected chi connectivity index (χ2v) is 8.85. The molecule has 160 valence electrons. The zero-order valence-electron chi connectivity index (χ0n) is 16.0. The predicted molar refractivity (Wildman–Crippen MR) is 121 cm³/mol. The molecule has 2 aromatic carbocycles. The number of nitrogens with one attached hydrogen (secondary N) is 3. The Bertz CT molecular complexity index is 865. The molecule has 2 amide bonds. The average Bonchev–Trinajstić information content (AvgIpc) is 2.75. The van der Waals surface area contributed by atoms with Gasteiger partial charge in [0.25, 0.3) is 0 Å². The van der Waals surface area contributed by atoms with Gasteiger partial charge >= 0.3 is 0 Å². The van der Waals surface area contributed by atoms with Gasteiger partial charge in [0.2, 0.25) is 11.8 Å². The van der Waals surface area contributed by atoms with Gasteiger partial charge in [-0.2, -0.15) is 0 Å². The van der Waals surface area contributed by atoms with Crippen LogP contribution in [0.5, 0.6) is 0 Å². The highest BCUT2D eigenvalue weighted by Crippen LogP contribution is 2.24. The van der Waals surface area contributed by atoms with Crippen LogP contribution in [-0.2, 0) is 22.7 Å². The molecule has 5 nitrogen and oxygen atoms in total. The number of carbonyl (C=O) groups is 2. The van der Waals surface area contributed by atoms with Crippen LogP contribution in [-0.4, -0.2) is 24.9 Å². The monoisotopic (exact) mass is 487 g/mol. The number of piperidine rings is 1. The van der Waals surface area contributed by atoms with Crippen LogP contribution in [0.3, 0.4) is 0 Å². The van der Waals surface area contributed by atoms with Crippen LogP contribution in [0.1, 0.15) is 17.5 Å². The van der Waals surface area contributed by atoms with E-state index in [1.165, 1.54) is 0 Å². The summed E-state index contributed by atoms with van der Waals surface area (Å²) < 4.78 is 0. The normalized spacial score (nSPS) is 18.7. The molecule has 3 N–H and O–H groups in total. The first-order chi connectivity index (χ1) is 14.3. The molecule has 30 heavy (non-hydrogen) atoms. The van der Waals surface area contributed by atoms with Crippen LogP contribution in [0.15, 0.2) is 36.4 Å². The van der Waals surface area contributed by atoms with Crippen molar-refractivity contribution < 1.29 is 9.59 Å². The van der Waals surface area contributed by atoms with Gasteiger partial charge < -0.3 is 16.0 Å². The van der Waals surface area contributed by atoms with E-state index in [1.54, 1.807) is 24.3 Å². The molecular formula is C21H21Cl4N3O2. The summed E-state index contributed by atoms with van der Waals surface area (Å²) in [7, 11) is 0. The molecule has 1 aliphatic rings. The Balaban J connectivity index is 1.49. The Morgan fingerprint density at radius 1 is 0.767 bits per heavy atom. The minimum Gasteiger partial charge on any atom is -0.352 e. The third-order valence-corrected chi connectivity index (χ3v) is 6.47. The van der Waals surface area contributed by atoms with Crippen molar-refractivity contribution in [2.24, 2.45) is 11.8 Å². The molecule has 2 atom stereocenters. The van der Waals surface area contributed by atoms with Gasteiger partial charge in [-0.15, -0.1) is 0 Å². The van der Waals surface area contributed by atoms with Gasteiger partial charge in [0.1, 0.15) is 0 Å². The van der Waals surface area contributed by atoms with E-state index in [0.717, 1.165) is 11.1 Å². The zero-order valence-corrected chi connectivity index (χ0v) is 19.0. The molecule has 2 unspecified atom stereocenters. The molecule has 0 saturated carbocycles. The summed E-state index contributed by atoms with van der Waals surface area (Å²) in [5.74, 6) is -0.782. The molecular weight excluding hydrogens is 468 g/mol. The van der Waals surface area contributed by atoms with Crippen LogP contribution < -0.4 is 16.0 Å². The molecule has 9 heteroatoms. The molecule has 1 heterocycles. The summed E-state index contributed by atoms with van der Waals surface area (Å²) in [5.41, 5.74) is 1.72. The largest absolute Gasteiger partial charge is 0.352 e. The van der Waals surface area contributed by atoms with Gasteiger partial charge in [0.15, 0.2) is 0 Å². The van der Waals surface area contributed by atoms with E-state index in [9.17, 15) is 9.59 Å². The topological polar surface area (TPSA) is 70.2 Å². The fourth-order valence-electron chi connectivity index (χ4n) is 3.31. The molecule has 0 bridgehead atoms. The Kier molecular flexibility index (Phi) is 8.26. The summed E-state index contributed by atoms with van der Waals surface area (Å²) in [5, 5.41) is 10.8. The number of benzene rings is 2. The Morgan fingerprint density at radius 2 is 1.20 bits per heavy atom. The summed E-state index contributed by atoms with van der Waals surface area (Å²) in [4.78, 5) is 25.1. The van der Waals surface area contributed by atoms with Gasteiger partial charge in [0, 0.05) is 26.2 Å². The lowest BCUT2D eigenvalue weighted by Gasteiger charge is -2.28.